The number of rotatable bonds is 23. The standard InChI is InChI=1S/C52H82N11O18PS2/c1-10-29(6)42-49(74)56-32(19-20-39(53)65)44(69)58-35(24-40(54)66)45(70)60-37(27-84-83-26-36(61-51(76)80-52(7,8)9)47(72)57-34(46(71)62-42)23-30-15-17-31(64)18-16-30)50(75)63-21-13-14-38(63)48(73)59-33(22-28(4)5)43(68)55-25-41(67)81-82(77,78-11-2)79-12-3/h15-18,28-29,32-38,42,64H,10-14,19-27H2,1-9H3,(H2,53,65)(H2,54,66)(H,55,68)(H,56,74)(H,57,72)(H,58,69)(H,59,73)(H,60,70)(H,61,76)(H,62,71)/t29-,32-,33-,34-,35-,36-,37-,38-,42-/m0/s1. The van der Waals surface area contributed by atoms with Gasteiger partial charge in [-0.25, -0.2) is 14.2 Å². The van der Waals surface area contributed by atoms with Crippen LogP contribution in [0.5, 0.6) is 5.75 Å². The minimum absolute atomic E-state index is 0.0444. The normalized spacial score (nSPS) is 22.3. The summed E-state index contributed by atoms with van der Waals surface area (Å²) in [6.45, 7) is 13.5. The lowest BCUT2D eigenvalue weighted by Gasteiger charge is -2.31. The smallest absolute Gasteiger partial charge is 0.508 e. The summed E-state index contributed by atoms with van der Waals surface area (Å²) in [6, 6.07) is -6.29. The molecule has 13 N–H and O–H groups in total. The summed E-state index contributed by atoms with van der Waals surface area (Å²) in [5.41, 5.74) is 10.4. The molecule has 2 saturated heterocycles. The molecule has 9 atom stereocenters. The number of nitrogens with zero attached hydrogens (tertiary/aromatic N) is 1. The molecule has 0 radical (unpaired) electrons. The van der Waals surface area contributed by atoms with Gasteiger partial charge in [-0.15, -0.1) is 0 Å². The van der Waals surface area contributed by atoms with Crippen molar-refractivity contribution in [3.63, 3.8) is 0 Å². The minimum atomic E-state index is -4.30. The molecule has 11 amide bonds. The number of amides is 11. The Morgan fingerprint density at radius 1 is 0.798 bits per heavy atom. The Morgan fingerprint density at radius 2 is 1.39 bits per heavy atom. The summed E-state index contributed by atoms with van der Waals surface area (Å²) >= 11 is 0. The number of carbonyl (C=O) groups excluding carboxylic acids is 12. The van der Waals surface area contributed by atoms with Crippen molar-refractivity contribution in [1.29, 1.82) is 0 Å². The number of phenolic OH excluding ortho intramolecular Hbond substituents is 1. The van der Waals surface area contributed by atoms with Gasteiger partial charge in [0, 0.05) is 30.9 Å². The van der Waals surface area contributed by atoms with E-state index in [9.17, 15) is 67.2 Å². The summed E-state index contributed by atoms with van der Waals surface area (Å²) in [7, 11) is -2.45. The van der Waals surface area contributed by atoms with E-state index in [1.165, 1.54) is 38.1 Å². The van der Waals surface area contributed by atoms with Crippen LogP contribution in [0.3, 0.4) is 0 Å². The molecule has 84 heavy (non-hydrogen) atoms. The summed E-state index contributed by atoms with van der Waals surface area (Å²) < 4.78 is 33.1. The van der Waals surface area contributed by atoms with Crippen molar-refractivity contribution in [2.75, 3.05) is 37.8 Å². The van der Waals surface area contributed by atoms with E-state index in [1.54, 1.807) is 48.5 Å². The number of nitrogens with one attached hydrogen (secondary N) is 8. The second-order valence-corrected chi connectivity index (χ2v) is 25.4. The predicted molar refractivity (Wildman–Crippen MR) is 307 cm³/mol. The van der Waals surface area contributed by atoms with Gasteiger partial charge in [-0.2, -0.15) is 0 Å². The van der Waals surface area contributed by atoms with Gasteiger partial charge in [-0.3, -0.25) is 57.0 Å². The van der Waals surface area contributed by atoms with Crippen molar-refractivity contribution < 1.29 is 85.5 Å². The van der Waals surface area contributed by atoms with Crippen LogP contribution in [0.2, 0.25) is 0 Å². The average molecular weight is 1240 g/mol. The second-order valence-electron chi connectivity index (χ2n) is 21.3. The van der Waals surface area contributed by atoms with E-state index >= 15 is 0 Å². The maximum absolute atomic E-state index is 14.9. The highest BCUT2D eigenvalue weighted by Crippen LogP contribution is 2.49. The zero-order valence-electron chi connectivity index (χ0n) is 48.7. The predicted octanol–water partition coefficient (Wildman–Crippen LogP) is 0.196. The highest BCUT2D eigenvalue weighted by Gasteiger charge is 2.42. The van der Waals surface area contributed by atoms with Gasteiger partial charge in [0.1, 0.15) is 66.2 Å². The van der Waals surface area contributed by atoms with E-state index in [-0.39, 0.29) is 75.0 Å². The SMILES string of the molecule is CCOP(=O)(OCC)OC(=O)CNC(=O)[C@H](CC(C)C)NC(=O)[C@@H]1CCCN1C(=O)[C@@H]1CSSC[C@H](NC(=O)OC(C)(C)C)C(=O)N[C@@H](Cc2ccc(O)cc2)C(=O)N[C@@H]([C@@H](C)CC)C(=O)N[C@@H](CCC(N)=O)C(=O)N[C@@H](CC(N)=O)C(=O)N1. The van der Waals surface area contributed by atoms with Gasteiger partial charge in [-0.1, -0.05) is 67.8 Å². The number of hydrogen-bond donors (Lipinski definition) is 11. The molecule has 0 spiro atoms. The zero-order valence-corrected chi connectivity index (χ0v) is 51.3. The molecule has 2 fully saturated rings. The Kier molecular flexibility index (Phi) is 29.2. The maximum atomic E-state index is 14.9. The largest absolute Gasteiger partial charge is 0.532 e. The van der Waals surface area contributed by atoms with Crippen LogP contribution in [0.15, 0.2) is 24.3 Å². The molecule has 1 aromatic carbocycles. The number of phosphoric ester groups is 1. The third-order valence-corrected chi connectivity index (χ3v) is 16.7. The van der Waals surface area contributed by atoms with Crippen LogP contribution in [0.4, 0.5) is 4.79 Å². The summed E-state index contributed by atoms with van der Waals surface area (Å²) in [5.74, 6) is -12.2. The van der Waals surface area contributed by atoms with Gasteiger partial charge in [0.15, 0.2) is 0 Å². The Hall–Kier alpha value is -6.69. The molecule has 2 aliphatic rings. The molecule has 1 aromatic rings. The quantitative estimate of drug-likeness (QED) is 0.0515. The lowest BCUT2D eigenvalue weighted by atomic mass is 9.96. The minimum Gasteiger partial charge on any atom is -0.508 e. The number of primary amides is 2. The lowest BCUT2D eigenvalue weighted by molar-refractivity contribution is -0.142. The number of phenols is 1. The molecule has 29 nitrogen and oxygen atoms in total. The van der Waals surface area contributed by atoms with Crippen molar-refractivity contribution in [2.45, 2.75) is 168 Å². The van der Waals surface area contributed by atoms with Gasteiger partial charge in [-0.05, 0) is 89.8 Å². The molecular formula is C52H82N11O18PS2. The first-order chi connectivity index (χ1) is 39.4. The van der Waals surface area contributed by atoms with E-state index in [0.717, 1.165) is 26.5 Å². The Balaban J connectivity index is 2.13. The third-order valence-electron chi connectivity index (χ3n) is 12.7. The first-order valence-corrected chi connectivity index (χ1v) is 31.4. The highest BCUT2D eigenvalue weighted by molar-refractivity contribution is 8.76. The summed E-state index contributed by atoms with van der Waals surface area (Å²) in [6.07, 6.45) is -2.37. The Morgan fingerprint density at radius 3 is 1.98 bits per heavy atom. The number of likely N-dealkylation sites (tertiary alicyclic amines) is 1. The zero-order chi connectivity index (χ0) is 63.1. The van der Waals surface area contributed by atoms with Gasteiger partial charge in [0.05, 0.1) is 19.6 Å². The molecule has 0 saturated carbocycles. The van der Waals surface area contributed by atoms with Crippen molar-refractivity contribution in [1.82, 2.24) is 47.4 Å². The summed E-state index contributed by atoms with van der Waals surface area (Å²) in [4.78, 5) is 166. The summed E-state index contributed by atoms with van der Waals surface area (Å²) in [5, 5.41) is 30.3. The molecule has 0 aliphatic carbocycles. The van der Waals surface area contributed by atoms with Crippen LogP contribution in [-0.2, 0) is 82.0 Å². The van der Waals surface area contributed by atoms with Gasteiger partial charge < -0.3 is 73.3 Å². The fourth-order valence-corrected chi connectivity index (χ4v) is 11.9. The van der Waals surface area contributed by atoms with Crippen molar-refractivity contribution >= 4 is 101 Å². The number of alkyl carbamates (subject to hydrolysis) is 1. The van der Waals surface area contributed by atoms with E-state index in [1.807, 2.05) is 0 Å². The van der Waals surface area contributed by atoms with Gasteiger partial charge in [0.25, 0.3) is 0 Å². The number of phosphoric acid groups is 1. The fourth-order valence-electron chi connectivity index (χ4n) is 8.44. The number of carbonyl (C=O) groups is 12. The Bertz CT molecular complexity index is 2550. The molecule has 0 bridgehead atoms. The van der Waals surface area contributed by atoms with Crippen LogP contribution in [-0.4, -0.2) is 173 Å². The Labute approximate surface area is 495 Å². The number of ether oxygens (including phenoxy) is 1. The molecule has 2 heterocycles. The third kappa shape index (κ3) is 24.5. The van der Waals surface area contributed by atoms with Crippen molar-refractivity contribution in [3.8, 4) is 5.75 Å². The van der Waals surface area contributed by atoms with Crippen molar-refractivity contribution in [3.05, 3.63) is 29.8 Å². The molecule has 3 rings (SSSR count). The molecule has 2 aliphatic heterocycles. The van der Waals surface area contributed by atoms with Crippen molar-refractivity contribution in [2.24, 2.45) is 23.3 Å². The van der Waals surface area contributed by atoms with Crippen LogP contribution in [0.25, 0.3) is 0 Å². The fraction of sp³-hybridized carbons (Fsp3) is 0.654. The highest BCUT2D eigenvalue weighted by atomic mass is 33.1. The molecule has 470 valence electrons. The number of nitrogens with two attached hydrogens (primary N) is 2. The molecule has 32 heteroatoms. The molecule has 0 unspecified atom stereocenters. The molecular weight excluding hydrogens is 1160 g/mol. The van der Waals surface area contributed by atoms with Gasteiger partial charge in [0.2, 0.25) is 59.1 Å². The van der Waals surface area contributed by atoms with Crippen LogP contribution >= 0.6 is 29.4 Å². The second kappa shape index (κ2) is 34.3. The lowest BCUT2D eigenvalue weighted by Crippen LogP contribution is -2.62. The van der Waals surface area contributed by atoms with Crippen LogP contribution < -0.4 is 54.0 Å². The van der Waals surface area contributed by atoms with Crippen LogP contribution in [0, 0.1) is 11.8 Å². The van der Waals surface area contributed by atoms with E-state index in [4.69, 9.17) is 29.8 Å². The van der Waals surface area contributed by atoms with E-state index in [0.29, 0.717) is 5.56 Å². The van der Waals surface area contributed by atoms with E-state index < -0.39 is 165 Å². The maximum Gasteiger partial charge on any atom is 0.532 e. The number of aromatic hydroxyl groups is 1. The number of hydrogen-bond acceptors (Lipinski definition) is 20. The number of benzene rings is 1. The van der Waals surface area contributed by atoms with Gasteiger partial charge >= 0.3 is 19.9 Å². The topological polar surface area (TPSA) is 431 Å². The average Bonchev–Trinajstić information content (AvgIpc) is 4.14. The van der Waals surface area contributed by atoms with E-state index in [2.05, 4.69) is 42.5 Å². The first kappa shape index (κ1) is 71.6. The van der Waals surface area contributed by atoms with Crippen LogP contribution in [0.1, 0.15) is 113 Å². The molecule has 0 aromatic heterocycles. The monoisotopic (exact) mass is 1240 g/mol. The first-order valence-electron chi connectivity index (χ1n) is 27.5.